The van der Waals surface area contributed by atoms with Gasteiger partial charge in [-0.1, -0.05) is 11.8 Å². The number of carboxylic acids is 1. The van der Waals surface area contributed by atoms with Crippen molar-refractivity contribution in [3.8, 4) is 11.8 Å². The SMILES string of the molecule is CC(=O)NC(CC#CCN=C(N)CF)C(=O)O. The maximum atomic E-state index is 11.8. The summed E-state index contributed by atoms with van der Waals surface area (Å²) in [4.78, 5) is 24.9. The standard InChI is InChI=1S/C10H14FN3O3/c1-7(15)14-8(10(16)17)4-2-3-5-13-9(12)6-11/h8H,4-6H2,1H3,(H2,12,13)(H,14,15)(H,16,17). The molecule has 4 N–H and O–H groups in total. The first-order valence-corrected chi connectivity index (χ1v) is 4.77. The van der Waals surface area contributed by atoms with Gasteiger partial charge in [-0.15, -0.1) is 0 Å². The van der Waals surface area contributed by atoms with Crippen LogP contribution in [0.1, 0.15) is 13.3 Å². The Morgan fingerprint density at radius 3 is 2.65 bits per heavy atom. The Labute approximate surface area is 98.1 Å². The normalized spacial score (nSPS) is 12.2. The van der Waals surface area contributed by atoms with Crippen LogP contribution in [0.3, 0.4) is 0 Å². The molecule has 1 atom stereocenters. The number of alkyl halides is 1. The van der Waals surface area contributed by atoms with Gasteiger partial charge in [0, 0.05) is 13.3 Å². The van der Waals surface area contributed by atoms with E-state index in [-0.39, 0.29) is 18.8 Å². The number of halogens is 1. The number of amides is 1. The molecule has 0 aliphatic heterocycles. The van der Waals surface area contributed by atoms with Crippen LogP contribution in [0.15, 0.2) is 4.99 Å². The number of carbonyl (C=O) groups is 2. The zero-order chi connectivity index (χ0) is 13.3. The van der Waals surface area contributed by atoms with E-state index in [4.69, 9.17) is 10.8 Å². The summed E-state index contributed by atoms with van der Waals surface area (Å²) >= 11 is 0. The quantitative estimate of drug-likeness (QED) is 0.337. The second-order valence-corrected chi connectivity index (χ2v) is 3.09. The van der Waals surface area contributed by atoms with Crippen LogP contribution in [0.2, 0.25) is 0 Å². The fourth-order valence-corrected chi connectivity index (χ4v) is 0.859. The predicted molar refractivity (Wildman–Crippen MR) is 60.1 cm³/mol. The number of carbonyl (C=O) groups excluding carboxylic acids is 1. The lowest BCUT2D eigenvalue weighted by atomic mass is 10.2. The predicted octanol–water partition coefficient (Wildman–Crippen LogP) is -0.704. The van der Waals surface area contributed by atoms with Crippen molar-refractivity contribution in [1.29, 1.82) is 0 Å². The van der Waals surface area contributed by atoms with E-state index in [1.54, 1.807) is 0 Å². The van der Waals surface area contributed by atoms with E-state index < -0.39 is 24.6 Å². The molecule has 0 bridgehead atoms. The summed E-state index contributed by atoms with van der Waals surface area (Å²) in [7, 11) is 0. The van der Waals surface area contributed by atoms with E-state index in [2.05, 4.69) is 22.2 Å². The van der Waals surface area contributed by atoms with Crippen molar-refractivity contribution < 1.29 is 19.1 Å². The van der Waals surface area contributed by atoms with Crippen LogP contribution in [0.5, 0.6) is 0 Å². The van der Waals surface area contributed by atoms with E-state index in [1.165, 1.54) is 6.92 Å². The van der Waals surface area contributed by atoms with Crippen LogP contribution < -0.4 is 11.1 Å². The molecular formula is C10H14FN3O3. The average molecular weight is 243 g/mol. The van der Waals surface area contributed by atoms with E-state index in [0.29, 0.717) is 0 Å². The molecule has 0 rings (SSSR count). The molecule has 0 saturated carbocycles. The van der Waals surface area contributed by atoms with Gasteiger partial charge in [0.2, 0.25) is 5.91 Å². The van der Waals surface area contributed by atoms with Crippen molar-refractivity contribution in [2.24, 2.45) is 10.7 Å². The average Bonchev–Trinajstić information content (AvgIpc) is 2.25. The second kappa shape index (κ2) is 8.10. The number of carboxylic acid groups (broad SMARTS) is 1. The molecule has 1 amide bonds. The summed E-state index contributed by atoms with van der Waals surface area (Å²) in [6.45, 7) is 0.378. The number of hydrogen-bond donors (Lipinski definition) is 3. The van der Waals surface area contributed by atoms with Crippen LogP contribution in [0.4, 0.5) is 4.39 Å². The molecule has 17 heavy (non-hydrogen) atoms. The summed E-state index contributed by atoms with van der Waals surface area (Å²) in [5.41, 5.74) is 5.09. The minimum absolute atomic E-state index is 0.00215. The van der Waals surface area contributed by atoms with Gasteiger partial charge in [-0.05, 0) is 0 Å². The Morgan fingerprint density at radius 1 is 1.53 bits per heavy atom. The fourth-order valence-electron chi connectivity index (χ4n) is 0.859. The van der Waals surface area contributed by atoms with Gasteiger partial charge in [-0.2, -0.15) is 0 Å². The molecule has 0 aliphatic carbocycles. The van der Waals surface area contributed by atoms with Crippen LogP contribution in [-0.2, 0) is 9.59 Å². The van der Waals surface area contributed by atoms with Crippen molar-refractivity contribution in [1.82, 2.24) is 5.32 Å². The van der Waals surface area contributed by atoms with Gasteiger partial charge >= 0.3 is 5.97 Å². The highest BCUT2D eigenvalue weighted by atomic mass is 19.1. The zero-order valence-corrected chi connectivity index (χ0v) is 9.36. The van der Waals surface area contributed by atoms with Gasteiger partial charge < -0.3 is 16.2 Å². The molecule has 1 unspecified atom stereocenters. The Kier molecular flexibility index (Phi) is 7.10. The van der Waals surface area contributed by atoms with Crippen LogP contribution in [-0.4, -0.2) is 42.1 Å². The highest BCUT2D eigenvalue weighted by molar-refractivity contribution is 5.82. The van der Waals surface area contributed by atoms with Crippen LogP contribution in [0.25, 0.3) is 0 Å². The van der Waals surface area contributed by atoms with E-state index in [0.717, 1.165) is 0 Å². The Morgan fingerprint density at radius 2 is 2.18 bits per heavy atom. The molecule has 0 heterocycles. The summed E-state index contributed by atoms with van der Waals surface area (Å²) in [6, 6.07) is -1.05. The molecule has 7 heteroatoms. The minimum atomic E-state index is -1.17. The van der Waals surface area contributed by atoms with Crippen molar-refractivity contribution >= 4 is 17.7 Å². The number of aliphatic carboxylic acids is 1. The smallest absolute Gasteiger partial charge is 0.327 e. The van der Waals surface area contributed by atoms with E-state index >= 15 is 0 Å². The fraction of sp³-hybridized carbons (Fsp3) is 0.500. The third-order valence-electron chi connectivity index (χ3n) is 1.60. The summed E-state index contributed by atoms with van der Waals surface area (Å²) in [5, 5.41) is 11.0. The van der Waals surface area contributed by atoms with Crippen LogP contribution in [0, 0.1) is 11.8 Å². The summed E-state index contributed by atoms with van der Waals surface area (Å²) < 4.78 is 11.8. The van der Waals surface area contributed by atoms with Gasteiger partial charge in [-0.3, -0.25) is 9.79 Å². The molecule has 0 aromatic carbocycles. The van der Waals surface area contributed by atoms with Gasteiger partial charge in [0.15, 0.2) is 0 Å². The number of nitrogens with two attached hydrogens (primary N) is 1. The summed E-state index contributed by atoms with van der Waals surface area (Å²) in [6.07, 6.45) is -0.0417. The molecule has 0 saturated heterocycles. The first kappa shape index (κ1) is 14.9. The van der Waals surface area contributed by atoms with Gasteiger partial charge in [0.25, 0.3) is 0 Å². The molecule has 94 valence electrons. The maximum absolute atomic E-state index is 11.8. The topological polar surface area (TPSA) is 105 Å². The molecule has 0 aromatic heterocycles. The Balaban J connectivity index is 4.18. The molecule has 6 nitrogen and oxygen atoms in total. The molecule has 0 aromatic rings. The van der Waals surface area contributed by atoms with E-state index in [1.807, 2.05) is 0 Å². The lowest BCUT2D eigenvalue weighted by Crippen LogP contribution is -2.39. The Bertz CT molecular complexity index is 371. The molecule has 0 aliphatic rings. The van der Waals surface area contributed by atoms with Crippen molar-refractivity contribution in [2.75, 3.05) is 13.2 Å². The van der Waals surface area contributed by atoms with Crippen molar-refractivity contribution in [3.63, 3.8) is 0 Å². The van der Waals surface area contributed by atoms with Gasteiger partial charge in [0.05, 0.1) is 0 Å². The maximum Gasteiger partial charge on any atom is 0.327 e. The zero-order valence-electron chi connectivity index (χ0n) is 9.36. The largest absolute Gasteiger partial charge is 0.480 e. The first-order chi connectivity index (χ1) is 7.97. The lowest BCUT2D eigenvalue weighted by Gasteiger charge is -2.08. The molecular weight excluding hydrogens is 229 g/mol. The Hall–Kier alpha value is -2.10. The lowest BCUT2D eigenvalue weighted by molar-refractivity contribution is -0.141. The van der Waals surface area contributed by atoms with E-state index in [9.17, 15) is 14.0 Å². The van der Waals surface area contributed by atoms with Crippen molar-refractivity contribution in [2.45, 2.75) is 19.4 Å². The number of rotatable bonds is 5. The molecule has 0 fully saturated rings. The monoisotopic (exact) mass is 243 g/mol. The third kappa shape index (κ3) is 7.79. The van der Waals surface area contributed by atoms with Crippen molar-refractivity contribution in [3.05, 3.63) is 0 Å². The second-order valence-electron chi connectivity index (χ2n) is 3.09. The highest BCUT2D eigenvalue weighted by Crippen LogP contribution is 1.90. The highest BCUT2D eigenvalue weighted by Gasteiger charge is 2.16. The number of nitrogens with one attached hydrogen (secondary N) is 1. The molecule has 0 spiro atoms. The number of aliphatic imine (C=N–C) groups is 1. The number of nitrogens with zero attached hydrogens (tertiary/aromatic N) is 1. The third-order valence-corrected chi connectivity index (χ3v) is 1.60. The van der Waals surface area contributed by atoms with Crippen LogP contribution >= 0.6 is 0 Å². The van der Waals surface area contributed by atoms with Gasteiger partial charge in [-0.25, -0.2) is 9.18 Å². The number of amidine groups is 1. The minimum Gasteiger partial charge on any atom is -0.480 e. The number of hydrogen-bond acceptors (Lipinski definition) is 3. The van der Waals surface area contributed by atoms with Gasteiger partial charge in [0.1, 0.15) is 25.1 Å². The molecule has 0 radical (unpaired) electrons. The first-order valence-electron chi connectivity index (χ1n) is 4.77. The summed E-state index contributed by atoms with van der Waals surface area (Å²) in [5.74, 6) is 3.26.